The van der Waals surface area contributed by atoms with E-state index in [-0.39, 0.29) is 23.7 Å². The minimum Gasteiger partial charge on any atom is -0.332 e. The van der Waals surface area contributed by atoms with Gasteiger partial charge >= 0.3 is 0 Å². The van der Waals surface area contributed by atoms with Gasteiger partial charge in [-0.3, -0.25) is 19.7 Å². The minimum atomic E-state index is -0.527. The van der Waals surface area contributed by atoms with E-state index in [0.29, 0.717) is 11.3 Å². The molecule has 0 aliphatic rings. The second-order valence-corrected chi connectivity index (χ2v) is 5.98. The molecule has 0 bridgehead atoms. The van der Waals surface area contributed by atoms with Crippen LogP contribution in [-0.4, -0.2) is 35.2 Å². The number of carbonyl (C=O) groups excluding carboxylic acids is 2. The number of nitrogens with zero attached hydrogens (tertiary/aromatic N) is 2. The second kappa shape index (κ2) is 8.24. The Morgan fingerprint density at radius 3 is 2.54 bits per heavy atom. The Hall–Kier alpha value is -3.22. The number of para-hydroxylation sites is 1. The van der Waals surface area contributed by atoms with Gasteiger partial charge in [0, 0.05) is 29.9 Å². The number of nitro groups is 1. The van der Waals surface area contributed by atoms with Gasteiger partial charge < -0.3 is 10.2 Å². The molecule has 0 aliphatic heterocycles. The molecule has 26 heavy (non-hydrogen) atoms. The summed E-state index contributed by atoms with van der Waals surface area (Å²) in [5.74, 6) is -0.782. The molecule has 0 spiro atoms. The van der Waals surface area contributed by atoms with Gasteiger partial charge in [0.15, 0.2) is 0 Å². The zero-order chi connectivity index (χ0) is 19.3. The van der Waals surface area contributed by atoms with Gasteiger partial charge in [-0.05, 0) is 31.0 Å². The summed E-state index contributed by atoms with van der Waals surface area (Å²) in [5.41, 5.74) is 2.25. The van der Waals surface area contributed by atoms with Crippen LogP contribution in [0, 0.1) is 17.0 Å². The van der Waals surface area contributed by atoms with Crippen molar-refractivity contribution in [1.29, 1.82) is 0 Å². The number of hydrogen-bond acceptors (Lipinski definition) is 4. The standard InChI is InChI=1S/C19H21N3O4/c1-4-14-7-5-6-8-16(14)20-18(23)12-21(3)19(24)15-10-9-13(2)17(11-15)22(25)26/h5-11H,4,12H2,1-3H3,(H,20,23). The van der Waals surface area contributed by atoms with Crippen LogP contribution in [0.15, 0.2) is 42.5 Å². The third kappa shape index (κ3) is 4.44. The number of nitro benzene ring substituents is 1. The van der Waals surface area contributed by atoms with Crippen LogP contribution in [0.4, 0.5) is 11.4 Å². The fraction of sp³-hybridized carbons (Fsp3) is 0.263. The van der Waals surface area contributed by atoms with E-state index in [9.17, 15) is 19.7 Å². The van der Waals surface area contributed by atoms with Crippen LogP contribution in [0.3, 0.4) is 0 Å². The fourth-order valence-electron chi connectivity index (χ4n) is 2.59. The Morgan fingerprint density at radius 2 is 1.88 bits per heavy atom. The summed E-state index contributed by atoms with van der Waals surface area (Å²) in [6, 6.07) is 11.7. The van der Waals surface area contributed by atoms with E-state index in [4.69, 9.17) is 0 Å². The highest BCUT2D eigenvalue weighted by atomic mass is 16.6. The molecule has 0 fully saturated rings. The normalized spacial score (nSPS) is 10.3. The van der Waals surface area contributed by atoms with E-state index < -0.39 is 10.8 Å². The number of aryl methyl sites for hydroxylation is 2. The molecular weight excluding hydrogens is 334 g/mol. The van der Waals surface area contributed by atoms with Crippen molar-refractivity contribution in [2.24, 2.45) is 0 Å². The molecule has 2 amide bonds. The summed E-state index contributed by atoms with van der Waals surface area (Å²) >= 11 is 0. The van der Waals surface area contributed by atoms with Crippen molar-refractivity contribution in [3.05, 3.63) is 69.3 Å². The Bertz CT molecular complexity index is 848. The summed E-state index contributed by atoms with van der Waals surface area (Å²) in [6.45, 7) is 3.44. The number of likely N-dealkylation sites (N-methyl/N-ethyl adjacent to an activating group) is 1. The van der Waals surface area contributed by atoms with Gasteiger partial charge in [-0.15, -0.1) is 0 Å². The lowest BCUT2D eigenvalue weighted by Gasteiger charge is -2.18. The van der Waals surface area contributed by atoms with Crippen molar-refractivity contribution in [3.63, 3.8) is 0 Å². The van der Waals surface area contributed by atoms with Crippen LogP contribution in [0.25, 0.3) is 0 Å². The van der Waals surface area contributed by atoms with E-state index in [1.807, 2.05) is 31.2 Å². The molecule has 0 saturated carbocycles. The highest BCUT2D eigenvalue weighted by molar-refractivity contribution is 5.99. The molecule has 0 saturated heterocycles. The molecule has 2 rings (SSSR count). The van der Waals surface area contributed by atoms with Crippen molar-refractivity contribution in [3.8, 4) is 0 Å². The van der Waals surface area contributed by atoms with Gasteiger partial charge in [0.2, 0.25) is 5.91 Å². The third-order valence-electron chi connectivity index (χ3n) is 4.05. The van der Waals surface area contributed by atoms with Crippen molar-refractivity contribution in [2.75, 3.05) is 18.9 Å². The largest absolute Gasteiger partial charge is 0.332 e. The van der Waals surface area contributed by atoms with Gasteiger partial charge in [-0.1, -0.05) is 31.2 Å². The van der Waals surface area contributed by atoms with Crippen molar-refractivity contribution >= 4 is 23.2 Å². The number of benzene rings is 2. The third-order valence-corrected chi connectivity index (χ3v) is 4.05. The van der Waals surface area contributed by atoms with Crippen LogP contribution in [0.1, 0.15) is 28.4 Å². The lowest BCUT2D eigenvalue weighted by atomic mass is 10.1. The highest BCUT2D eigenvalue weighted by Gasteiger charge is 2.19. The average molecular weight is 355 g/mol. The number of anilines is 1. The van der Waals surface area contributed by atoms with Gasteiger partial charge in [0.25, 0.3) is 11.6 Å². The summed E-state index contributed by atoms with van der Waals surface area (Å²) in [7, 11) is 1.49. The lowest BCUT2D eigenvalue weighted by Crippen LogP contribution is -2.35. The first kappa shape index (κ1) is 19.1. The number of hydrogen-bond donors (Lipinski definition) is 1. The molecule has 7 nitrogen and oxygen atoms in total. The van der Waals surface area contributed by atoms with Crippen LogP contribution in [0.2, 0.25) is 0 Å². The molecule has 0 atom stereocenters. The maximum absolute atomic E-state index is 12.5. The Morgan fingerprint density at radius 1 is 1.19 bits per heavy atom. The van der Waals surface area contributed by atoms with Crippen molar-refractivity contribution in [1.82, 2.24) is 4.90 Å². The molecule has 0 aliphatic carbocycles. The molecule has 0 aromatic heterocycles. The minimum absolute atomic E-state index is 0.120. The van der Waals surface area contributed by atoms with E-state index in [1.54, 1.807) is 6.92 Å². The molecular formula is C19H21N3O4. The van der Waals surface area contributed by atoms with E-state index in [1.165, 1.54) is 30.1 Å². The van der Waals surface area contributed by atoms with E-state index in [2.05, 4.69) is 5.32 Å². The van der Waals surface area contributed by atoms with Crippen LogP contribution >= 0.6 is 0 Å². The Kier molecular flexibility index (Phi) is 6.06. The van der Waals surface area contributed by atoms with Crippen LogP contribution < -0.4 is 5.32 Å². The number of amides is 2. The first-order valence-corrected chi connectivity index (χ1v) is 8.21. The smallest absolute Gasteiger partial charge is 0.273 e. The average Bonchev–Trinajstić information content (AvgIpc) is 2.61. The van der Waals surface area contributed by atoms with Gasteiger partial charge in [-0.25, -0.2) is 0 Å². The summed E-state index contributed by atoms with van der Waals surface area (Å²) in [6.07, 6.45) is 0.776. The number of rotatable bonds is 6. The predicted molar refractivity (Wildman–Crippen MR) is 99.2 cm³/mol. The summed E-state index contributed by atoms with van der Waals surface area (Å²) < 4.78 is 0. The topological polar surface area (TPSA) is 92.6 Å². The first-order chi connectivity index (χ1) is 12.3. The Labute approximate surface area is 151 Å². The van der Waals surface area contributed by atoms with E-state index in [0.717, 1.165) is 12.0 Å². The molecule has 2 aromatic rings. The van der Waals surface area contributed by atoms with Gasteiger partial charge in [0.05, 0.1) is 11.5 Å². The fourth-order valence-corrected chi connectivity index (χ4v) is 2.59. The molecule has 136 valence electrons. The molecule has 0 unspecified atom stereocenters. The highest BCUT2D eigenvalue weighted by Crippen LogP contribution is 2.20. The number of nitrogens with one attached hydrogen (secondary N) is 1. The van der Waals surface area contributed by atoms with Crippen molar-refractivity contribution < 1.29 is 14.5 Å². The maximum atomic E-state index is 12.5. The van der Waals surface area contributed by atoms with Gasteiger partial charge in [-0.2, -0.15) is 0 Å². The SMILES string of the molecule is CCc1ccccc1NC(=O)CN(C)C(=O)c1ccc(C)c([N+](=O)[O-])c1. The second-order valence-electron chi connectivity index (χ2n) is 5.98. The van der Waals surface area contributed by atoms with Crippen LogP contribution in [0.5, 0.6) is 0 Å². The summed E-state index contributed by atoms with van der Waals surface area (Å²) in [5, 5.41) is 13.8. The van der Waals surface area contributed by atoms with E-state index >= 15 is 0 Å². The molecule has 0 radical (unpaired) electrons. The zero-order valence-corrected chi connectivity index (χ0v) is 15.0. The van der Waals surface area contributed by atoms with Crippen molar-refractivity contribution in [2.45, 2.75) is 20.3 Å². The monoisotopic (exact) mass is 355 g/mol. The molecule has 2 aromatic carbocycles. The Balaban J connectivity index is 2.08. The van der Waals surface area contributed by atoms with Crippen LogP contribution in [-0.2, 0) is 11.2 Å². The number of carbonyl (C=O) groups is 2. The molecule has 0 heterocycles. The summed E-state index contributed by atoms with van der Waals surface area (Å²) in [4.78, 5) is 36.4. The predicted octanol–water partition coefficient (Wildman–Crippen LogP) is 3.18. The quantitative estimate of drug-likeness (QED) is 0.636. The lowest BCUT2D eigenvalue weighted by molar-refractivity contribution is -0.385. The maximum Gasteiger partial charge on any atom is 0.273 e. The molecule has 1 N–H and O–H groups in total. The first-order valence-electron chi connectivity index (χ1n) is 8.21. The zero-order valence-electron chi connectivity index (χ0n) is 15.0. The van der Waals surface area contributed by atoms with Gasteiger partial charge in [0.1, 0.15) is 0 Å². The molecule has 7 heteroatoms.